The molecule has 0 saturated heterocycles. The second-order valence-corrected chi connectivity index (χ2v) is 3.70. The highest BCUT2D eigenvalue weighted by molar-refractivity contribution is 5.41. The standard InChI is InChI=1S/C10H15N7/c1-7-5-9(14-10(13-7)15-11)12-6-8-3-4-17(2)16-8/h3-5H,6,11H2,1-2H3,(H2,12,13,14,15). The first-order valence-corrected chi connectivity index (χ1v) is 5.22. The number of hydrogen-bond donors (Lipinski definition) is 3. The number of nitrogens with one attached hydrogen (secondary N) is 2. The first-order chi connectivity index (χ1) is 8.17. The number of rotatable bonds is 4. The Kier molecular flexibility index (Phi) is 3.20. The Labute approximate surface area is 99.0 Å². The van der Waals surface area contributed by atoms with E-state index in [0.717, 1.165) is 17.2 Å². The maximum Gasteiger partial charge on any atom is 0.239 e. The molecule has 17 heavy (non-hydrogen) atoms. The van der Waals surface area contributed by atoms with E-state index in [9.17, 15) is 0 Å². The van der Waals surface area contributed by atoms with Crippen molar-refractivity contribution in [3.8, 4) is 0 Å². The summed E-state index contributed by atoms with van der Waals surface area (Å²) in [5, 5.41) is 7.43. The van der Waals surface area contributed by atoms with E-state index < -0.39 is 0 Å². The Bertz CT molecular complexity index is 505. The van der Waals surface area contributed by atoms with Gasteiger partial charge < -0.3 is 5.32 Å². The van der Waals surface area contributed by atoms with Crippen molar-refractivity contribution in [2.75, 3.05) is 10.7 Å². The van der Waals surface area contributed by atoms with E-state index in [4.69, 9.17) is 5.84 Å². The van der Waals surface area contributed by atoms with E-state index in [1.165, 1.54) is 0 Å². The van der Waals surface area contributed by atoms with Crippen molar-refractivity contribution >= 4 is 11.8 Å². The Balaban J connectivity index is 2.05. The molecule has 4 N–H and O–H groups in total. The fraction of sp³-hybridized carbons (Fsp3) is 0.300. The third-order valence-corrected chi connectivity index (χ3v) is 2.20. The van der Waals surface area contributed by atoms with Gasteiger partial charge in [0.25, 0.3) is 0 Å². The highest BCUT2D eigenvalue weighted by atomic mass is 15.3. The van der Waals surface area contributed by atoms with Crippen LogP contribution in [0.4, 0.5) is 11.8 Å². The van der Waals surface area contributed by atoms with Gasteiger partial charge in [-0.2, -0.15) is 10.1 Å². The van der Waals surface area contributed by atoms with Gasteiger partial charge in [-0.15, -0.1) is 0 Å². The van der Waals surface area contributed by atoms with Gasteiger partial charge >= 0.3 is 0 Å². The van der Waals surface area contributed by atoms with Crippen LogP contribution in [0.1, 0.15) is 11.4 Å². The lowest BCUT2D eigenvalue weighted by Gasteiger charge is -2.06. The summed E-state index contributed by atoms with van der Waals surface area (Å²) in [5.41, 5.74) is 4.22. The van der Waals surface area contributed by atoms with Gasteiger partial charge in [-0.3, -0.25) is 10.1 Å². The van der Waals surface area contributed by atoms with Crippen LogP contribution in [0.15, 0.2) is 18.3 Å². The van der Waals surface area contributed by atoms with E-state index in [2.05, 4.69) is 25.8 Å². The van der Waals surface area contributed by atoms with Crippen LogP contribution < -0.4 is 16.6 Å². The summed E-state index contributed by atoms with van der Waals surface area (Å²) < 4.78 is 1.76. The highest BCUT2D eigenvalue weighted by Gasteiger charge is 2.02. The minimum absolute atomic E-state index is 0.397. The lowest BCUT2D eigenvalue weighted by atomic mass is 10.4. The van der Waals surface area contributed by atoms with E-state index in [1.807, 2.05) is 32.3 Å². The predicted octanol–water partition coefficient (Wildman–Crippen LogP) is 0.416. The van der Waals surface area contributed by atoms with Gasteiger partial charge in [-0.05, 0) is 13.0 Å². The summed E-state index contributed by atoms with van der Waals surface area (Å²) in [5.74, 6) is 6.40. The van der Waals surface area contributed by atoms with Gasteiger partial charge in [-0.25, -0.2) is 10.8 Å². The van der Waals surface area contributed by atoms with Crippen LogP contribution in [0.3, 0.4) is 0 Å². The largest absolute Gasteiger partial charge is 0.364 e. The van der Waals surface area contributed by atoms with Crippen molar-refractivity contribution in [2.24, 2.45) is 12.9 Å². The quantitative estimate of drug-likeness (QED) is 0.523. The van der Waals surface area contributed by atoms with Crippen LogP contribution in [-0.2, 0) is 13.6 Å². The van der Waals surface area contributed by atoms with Gasteiger partial charge in [0, 0.05) is 25.0 Å². The molecule has 0 bridgehead atoms. The Hall–Kier alpha value is -2.15. The fourth-order valence-electron chi connectivity index (χ4n) is 1.46. The van der Waals surface area contributed by atoms with Crippen molar-refractivity contribution in [1.29, 1.82) is 0 Å². The first kappa shape index (κ1) is 11.3. The summed E-state index contributed by atoms with van der Waals surface area (Å²) in [4.78, 5) is 8.29. The van der Waals surface area contributed by atoms with Crippen molar-refractivity contribution < 1.29 is 0 Å². The number of nitrogens with zero attached hydrogens (tertiary/aromatic N) is 4. The maximum atomic E-state index is 5.28. The molecule has 2 rings (SSSR count). The molecule has 0 spiro atoms. The molecule has 7 heteroatoms. The molecule has 0 aromatic carbocycles. The zero-order chi connectivity index (χ0) is 12.3. The van der Waals surface area contributed by atoms with E-state index in [1.54, 1.807) is 4.68 Å². The summed E-state index contributed by atoms with van der Waals surface area (Å²) in [6.07, 6.45) is 1.90. The Morgan fingerprint density at radius 2 is 2.24 bits per heavy atom. The van der Waals surface area contributed by atoms with E-state index in [-0.39, 0.29) is 0 Å². The number of anilines is 2. The SMILES string of the molecule is Cc1cc(NCc2ccn(C)n2)nc(NN)n1. The zero-order valence-electron chi connectivity index (χ0n) is 9.81. The summed E-state index contributed by atoms with van der Waals surface area (Å²) in [6.45, 7) is 2.50. The van der Waals surface area contributed by atoms with Crippen LogP contribution >= 0.6 is 0 Å². The average Bonchev–Trinajstić information content (AvgIpc) is 2.72. The molecule has 7 nitrogen and oxygen atoms in total. The van der Waals surface area contributed by atoms with Crippen molar-refractivity contribution in [1.82, 2.24) is 19.7 Å². The average molecular weight is 233 g/mol. The molecule has 0 atom stereocenters. The van der Waals surface area contributed by atoms with Crippen LogP contribution in [0.25, 0.3) is 0 Å². The second-order valence-electron chi connectivity index (χ2n) is 3.70. The molecular formula is C10H15N7. The third-order valence-electron chi connectivity index (χ3n) is 2.20. The van der Waals surface area contributed by atoms with Crippen LogP contribution in [0.5, 0.6) is 0 Å². The van der Waals surface area contributed by atoms with Gasteiger partial charge in [-0.1, -0.05) is 0 Å². The molecule has 0 radical (unpaired) electrons. The molecular weight excluding hydrogens is 218 g/mol. The molecule has 2 heterocycles. The minimum Gasteiger partial charge on any atom is -0.364 e. The fourth-order valence-corrected chi connectivity index (χ4v) is 1.46. The molecule has 0 unspecified atom stereocenters. The van der Waals surface area contributed by atoms with Crippen LogP contribution in [-0.4, -0.2) is 19.7 Å². The summed E-state index contributed by atoms with van der Waals surface area (Å²) in [7, 11) is 1.88. The molecule has 0 aliphatic carbocycles. The molecule has 0 aliphatic heterocycles. The van der Waals surface area contributed by atoms with Crippen LogP contribution in [0, 0.1) is 6.92 Å². The molecule has 0 saturated carbocycles. The third kappa shape index (κ3) is 2.91. The topological polar surface area (TPSA) is 93.7 Å². The van der Waals surface area contributed by atoms with E-state index in [0.29, 0.717) is 12.5 Å². The van der Waals surface area contributed by atoms with Crippen LogP contribution in [0.2, 0.25) is 0 Å². The monoisotopic (exact) mass is 233 g/mol. The lowest BCUT2D eigenvalue weighted by molar-refractivity contribution is 0.747. The molecule has 0 fully saturated rings. The number of aryl methyl sites for hydroxylation is 2. The van der Waals surface area contributed by atoms with E-state index >= 15 is 0 Å². The number of nitrogens with two attached hydrogens (primary N) is 1. The molecule has 90 valence electrons. The van der Waals surface area contributed by atoms with Crippen molar-refractivity contribution in [3.05, 3.63) is 29.7 Å². The second kappa shape index (κ2) is 4.79. The van der Waals surface area contributed by atoms with Gasteiger partial charge in [0.15, 0.2) is 0 Å². The number of hydrogen-bond acceptors (Lipinski definition) is 6. The van der Waals surface area contributed by atoms with Crippen molar-refractivity contribution in [3.63, 3.8) is 0 Å². The normalized spacial score (nSPS) is 10.3. The smallest absolute Gasteiger partial charge is 0.239 e. The molecule has 2 aromatic heterocycles. The molecule has 2 aromatic rings. The van der Waals surface area contributed by atoms with Gasteiger partial charge in [0.2, 0.25) is 5.95 Å². The van der Waals surface area contributed by atoms with Gasteiger partial charge in [0.05, 0.1) is 12.2 Å². The predicted molar refractivity (Wildman–Crippen MR) is 65.1 cm³/mol. The molecule has 0 aliphatic rings. The maximum absolute atomic E-state index is 5.28. The Morgan fingerprint density at radius 1 is 1.41 bits per heavy atom. The number of hydrazine groups is 1. The lowest BCUT2D eigenvalue weighted by Crippen LogP contribution is -2.12. The van der Waals surface area contributed by atoms with Gasteiger partial charge in [0.1, 0.15) is 5.82 Å². The summed E-state index contributed by atoms with van der Waals surface area (Å²) >= 11 is 0. The number of nitrogen functional groups attached to an aromatic ring is 1. The zero-order valence-corrected chi connectivity index (χ0v) is 9.81. The first-order valence-electron chi connectivity index (χ1n) is 5.22. The highest BCUT2D eigenvalue weighted by Crippen LogP contribution is 2.09. The van der Waals surface area contributed by atoms with Crippen molar-refractivity contribution in [2.45, 2.75) is 13.5 Å². The summed E-state index contributed by atoms with van der Waals surface area (Å²) in [6, 6.07) is 3.80. The number of aromatic nitrogens is 4. The minimum atomic E-state index is 0.397. The Morgan fingerprint density at radius 3 is 2.88 bits per heavy atom. The molecule has 0 amide bonds.